The molecule has 0 aliphatic heterocycles. The van der Waals surface area contributed by atoms with Crippen molar-refractivity contribution in [3.63, 3.8) is 0 Å². The number of hydrogen-bond donors (Lipinski definition) is 0. The molecule has 102 valence electrons. The minimum atomic E-state index is 0.118. The lowest BCUT2D eigenvalue weighted by Gasteiger charge is -2.29. The van der Waals surface area contributed by atoms with Crippen molar-refractivity contribution in [1.82, 2.24) is 4.57 Å². The number of carbonyl (C=O) groups is 1. The van der Waals surface area contributed by atoms with Crippen LogP contribution in [0.3, 0.4) is 0 Å². The number of Topliss-reactive ketones (excluding diaryl/α,β-unsaturated/α-hetero) is 1. The zero-order valence-corrected chi connectivity index (χ0v) is 12.0. The molecule has 2 nitrogen and oxygen atoms in total. The van der Waals surface area contributed by atoms with Gasteiger partial charge in [0.1, 0.15) is 0 Å². The van der Waals surface area contributed by atoms with E-state index in [-0.39, 0.29) is 5.41 Å². The molecule has 0 aromatic carbocycles. The second-order valence-electron chi connectivity index (χ2n) is 6.82. The molecule has 1 aromatic heterocycles. The van der Waals surface area contributed by atoms with Gasteiger partial charge in [-0.05, 0) is 43.6 Å². The molecule has 0 radical (unpaired) electrons. The van der Waals surface area contributed by atoms with E-state index >= 15 is 0 Å². The monoisotopic (exact) mass is 257 g/mol. The Balaban J connectivity index is 1.78. The third kappa shape index (κ3) is 2.54. The van der Waals surface area contributed by atoms with Crippen LogP contribution in [-0.4, -0.2) is 10.4 Å². The summed E-state index contributed by atoms with van der Waals surface area (Å²) in [6.07, 6.45) is 11.2. The lowest BCUT2D eigenvalue weighted by molar-refractivity contribution is 0.0910. The molecule has 0 saturated carbocycles. The van der Waals surface area contributed by atoms with E-state index in [1.807, 2.05) is 6.07 Å². The van der Waals surface area contributed by atoms with Crippen LogP contribution in [0.25, 0.3) is 0 Å². The van der Waals surface area contributed by atoms with E-state index in [0.29, 0.717) is 12.2 Å². The van der Waals surface area contributed by atoms with Gasteiger partial charge in [-0.2, -0.15) is 0 Å². The molecule has 3 rings (SSSR count). The van der Waals surface area contributed by atoms with Crippen LogP contribution in [0.15, 0.2) is 23.9 Å². The Morgan fingerprint density at radius 1 is 1.32 bits per heavy atom. The first-order valence-corrected chi connectivity index (χ1v) is 7.44. The van der Waals surface area contributed by atoms with Crippen LogP contribution in [0, 0.1) is 5.41 Å². The maximum atomic E-state index is 12.2. The fraction of sp³-hybridized carbons (Fsp3) is 0.588. The van der Waals surface area contributed by atoms with Crippen LogP contribution < -0.4 is 0 Å². The summed E-state index contributed by atoms with van der Waals surface area (Å²) in [7, 11) is 0. The molecular formula is C17H23NO. The van der Waals surface area contributed by atoms with E-state index in [9.17, 15) is 4.79 Å². The summed E-state index contributed by atoms with van der Waals surface area (Å²) in [5.74, 6) is 0.324. The highest BCUT2D eigenvalue weighted by molar-refractivity contribution is 5.98. The number of aromatic nitrogens is 1. The van der Waals surface area contributed by atoms with Crippen LogP contribution in [0.5, 0.6) is 0 Å². The number of aryl methyl sites for hydroxylation is 1. The minimum Gasteiger partial charge on any atom is -0.350 e. The van der Waals surface area contributed by atoms with Crippen molar-refractivity contribution in [2.45, 2.75) is 58.9 Å². The minimum absolute atomic E-state index is 0.118. The van der Waals surface area contributed by atoms with E-state index < -0.39 is 0 Å². The zero-order chi connectivity index (χ0) is 13.5. The number of fused-ring (bicyclic) bond motifs is 1. The summed E-state index contributed by atoms with van der Waals surface area (Å²) in [6, 6.07) is 2.02. The molecule has 0 saturated heterocycles. The van der Waals surface area contributed by atoms with Gasteiger partial charge in [0.05, 0.1) is 0 Å². The number of allylic oxidation sites excluding steroid dienone is 2. The number of rotatable bonds is 3. The highest BCUT2D eigenvalue weighted by Gasteiger charge is 2.32. The number of ketones is 1. The molecular weight excluding hydrogens is 234 g/mol. The molecule has 2 aliphatic rings. The molecule has 2 heteroatoms. The summed E-state index contributed by atoms with van der Waals surface area (Å²) in [5, 5.41) is 0. The summed E-state index contributed by atoms with van der Waals surface area (Å²) >= 11 is 0. The highest BCUT2D eigenvalue weighted by atomic mass is 16.1. The van der Waals surface area contributed by atoms with Crippen LogP contribution in [0.2, 0.25) is 0 Å². The van der Waals surface area contributed by atoms with Crippen molar-refractivity contribution in [2.75, 3.05) is 0 Å². The molecule has 1 aromatic rings. The van der Waals surface area contributed by atoms with Crippen LogP contribution >= 0.6 is 0 Å². The van der Waals surface area contributed by atoms with Crippen LogP contribution in [0.1, 0.15) is 62.0 Å². The average Bonchev–Trinajstić information content (AvgIpc) is 2.93. The van der Waals surface area contributed by atoms with Crippen LogP contribution in [0.4, 0.5) is 0 Å². The zero-order valence-electron chi connectivity index (χ0n) is 12.0. The Labute approximate surface area is 115 Å². The normalized spacial score (nSPS) is 21.4. The molecule has 0 N–H and O–H groups in total. The van der Waals surface area contributed by atoms with Crippen molar-refractivity contribution in [3.8, 4) is 0 Å². The third-order valence-electron chi connectivity index (χ3n) is 4.47. The Kier molecular flexibility index (Phi) is 3.12. The Morgan fingerprint density at radius 3 is 2.89 bits per heavy atom. The number of nitrogens with zero attached hydrogens (tertiary/aromatic N) is 1. The second-order valence-corrected chi connectivity index (χ2v) is 6.82. The summed E-state index contributed by atoms with van der Waals surface area (Å²) in [4.78, 5) is 12.2. The van der Waals surface area contributed by atoms with Gasteiger partial charge in [0.25, 0.3) is 0 Å². The fourth-order valence-corrected chi connectivity index (χ4v) is 3.44. The van der Waals surface area contributed by atoms with Crippen LogP contribution in [-0.2, 0) is 13.0 Å². The highest BCUT2D eigenvalue weighted by Crippen LogP contribution is 2.35. The van der Waals surface area contributed by atoms with Crippen molar-refractivity contribution in [2.24, 2.45) is 5.41 Å². The van der Waals surface area contributed by atoms with Crippen molar-refractivity contribution in [3.05, 3.63) is 35.2 Å². The maximum Gasteiger partial charge on any atom is 0.165 e. The van der Waals surface area contributed by atoms with Gasteiger partial charge >= 0.3 is 0 Å². The van der Waals surface area contributed by atoms with Gasteiger partial charge in [0.15, 0.2) is 5.78 Å². The molecule has 19 heavy (non-hydrogen) atoms. The second kappa shape index (κ2) is 4.66. The summed E-state index contributed by atoms with van der Waals surface area (Å²) < 4.78 is 2.31. The number of carbonyl (C=O) groups excluding carboxylic acids is 1. The largest absolute Gasteiger partial charge is 0.350 e. The van der Waals surface area contributed by atoms with Crippen molar-refractivity contribution < 1.29 is 4.79 Å². The van der Waals surface area contributed by atoms with Gasteiger partial charge in [-0.3, -0.25) is 4.79 Å². The van der Waals surface area contributed by atoms with E-state index in [0.717, 1.165) is 24.9 Å². The topological polar surface area (TPSA) is 22.0 Å². The van der Waals surface area contributed by atoms with Crippen molar-refractivity contribution in [1.29, 1.82) is 0 Å². The average molecular weight is 257 g/mol. The molecule has 0 amide bonds. The van der Waals surface area contributed by atoms with E-state index in [1.54, 1.807) is 5.57 Å². The predicted octanol–water partition coefficient (Wildman–Crippen LogP) is 4.14. The first kappa shape index (κ1) is 12.7. The first-order valence-electron chi connectivity index (χ1n) is 7.44. The van der Waals surface area contributed by atoms with E-state index in [2.05, 4.69) is 30.7 Å². The fourth-order valence-electron chi connectivity index (χ4n) is 3.44. The smallest absolute Gasteiger partial charge is 0.165 e. The maximum absolute atomic E-state index is 12.2. The lowest BCUT2D eigenvalue weighted by atomic mass is 9.76. The standard InChI is InChI=1S/C17H23NO/c1-17(2)11-15-14(16(19)12-17)8-10-18(15)9-7-13-5-3-4-6-13/h5,8,10H,3-4,6-7,9,11-12H2,1-2H3. The summed E-state index contributed by atoms with van der Waals surface area (Å²) in [5.41, 5.74) is 3.95. The van der Waals surface area contributed by atoms with Gasteiger partial charge < -0.3 is 4.57 Å². The van der Waals surface area contributed by atoms with Gasteiger partial charge in [-0.1, -0.05) is 25.5 Å². The Bertz CT molecular complexity index is 533. The van der Waals surface area contributed by atoms with E-state index in [4.69, 9.17) is 0 Å². The Hall–Kier alpha value is -1.31. The Morgan fingerprint density at radius 2 is 2.16 bits per heavy atom. The van der Waals surface area contributed by atoms with Crippen molar-refractivity contribution >= 4 is 5.78 Å². The molecule has 0 spiro atoms. The van der Waals surface area contributed by atoms with Gasteiger partial charge in [0, 0.05) is 30.4 Å². The molecule has 0 unspecified atom stereocenters. The van der Waals surface area contributed by atoms with Gasteiger partial charge in [-0.15, -0.1) is 0 Å². The number of hydrogen-bond acceptors (Lipinski definition) is 1. The third-order valence-corrected chi connectivity index (χ3v) is 4.47. The van der Waals surface area contributed by atoms with Gasteiger partial charge in [-0.25, -0.2) is 0 Å². The SMILES string of the molecule is CC1(C)CC(=O)c2ccn(CCC3=CCCC3)c2C1. The molecule has 0 atom stereocenters. The predicted molar refractivity (Wildman–Crippen MR) is 77.4 cm³/mol. The van der Waals surface area contributed by atoms with Gasteiger partial charge in [0.2, 0.25) is 0 Å². The molecule has 0 bridgehead atoms. The molecule has 2 aliphatic carbocycles. The first-order chi connectivity index (χ1) is 9.05. The molecule has 1 heterocycles. The lowest BCUT2D eigenvalue weighted by Crippen LogP contribution is -2.28. The summed E-state index contributed by atoms with van der Waals surface area (Å²) in [6.45, 7) is 5.43. The quantitative estimate of drug-likeness (QED) is 0.746. The van der Waals surface area contributed by atoms with E-state index in [1.165, 1.54) is 25.0 Å². The molecule has 0 fully saturated rings.